The maximum atomic E-state index is 12.0. The van der Waals surface area contributed by atoms with Crippen molar-refractivity contribution in [1.82, 2.24) is 4.98 Å². The maximum absolute atomic E-state index is 12.0. The maximum Gasteiger partial charge on any atom is 0.340 e. The van der Waals surface area contributed by atoms with E-state index in [0.29, 0.717) is 23.1 Å². The molecule has 0 aromatic carbocycles. The molecule has 0 amide bonds. The lowest BCUT2D eigenvalue weighted by atomic mass is 9.80. The molecule has 2 N–H and O–H groups in total. The molecule has 0 radical (unpaired) electrons. The van der Waals surface area contributed by atoms with Crippen molar-refractivity contribution in [1.29, 1.82) is 0 Å². The van der Waals surface area contributed by atoms with Crippen LogP contribution in [0, 0.1) is 11.8 Å². The fraction of sp³-hybridized carbons (Fsp3) is 0.571. The number of nitrogen functional groups attached to an aromatic ring is 1. The van der Waals surface area contributed by atoms with E-state index in [-0.39, 0.29) is 12.1 Å². The van der Waals surface area contributed by atoms with Crippen LogP contribution in [0.3, 0.4) is 0 Å². The molecular formula is C14H20N2O2. The van der Waals surface area contributed by atoms with Crippen molar-refractivity contribution in [2.24, 2.45) is 11.8 Å². The van der Waals surface area contributed by atoms with E-state index in [2.05, 4.69) is 18.8 Å². The molecule has 18 heavy (non-hydrogen) atoms. The third-order valence-corrected chi connectivity index (χ3v) is 3.90. The van der Waals surface area contributed by atoms with Gasteiger partial charge in [0, 0.05) is 6.20 Å². The number of hydrogen-bond acceptors (Lipinski definition) is 4. The van der Waals surface area contributed by atoms with E-state index >= 15 is 0 Å². The number of anilines is 1. The lowest BCUT2D eigenvalue weighted by Gasteiger charge is -2.31. The van der Waals surface area contributed by atoms with Crippen molar-refractivity contribution < 1.29 is 9.53 Å². The number of esters is 1. The number of carbonyl (C=O) groups is 1. The summed E-state index contributed by atoms with van der Waals surface area (Å²) in [6, 6.07) is 1.60. The average molecular weight is 248 g/mol. The molecule has 3 unspecified atom stereocenters. The minimum absolute atomic E-state index is 0.0243. The molecule has 1 aliphatic rings. The van der Waals surface area contributed by atoms with E-state index in [1.54, 1.807) is 12.3 Å². The van der Waals surface area contributed by atoms with Gasteiger partial charge in [-0.15, -0.1) is 0 Å². The van der Waals surface area contributed by atoms with Gasteiger partial charge in [0.15, 0.2) is 0 Å². The van der Waals surface area contributed by atoms with Gasteiger partial charge >= 0.3 is 5.97 Å². The second kappa shape index (κ2) is 5.38. The summed E-state index contributed by atoms with van der Waals surface area (Å²) >= 11 is 0. The third kappa shape index (κ3) is 2.81. The Kier molecular flexibility index (Phi) is 3.84. The summed E-state index contributed by atoms with van der Waals surface area (Å²) in [7, 11) is 0. The summed E-state index contributed by atoms with van der Waals surface area (Å²) in [6.07, 6.45) is 6.06. The van der Waals surface area contributed by atoms with Crippen LogP contribution in [0.1, 0.15) is 43.5 Å². The summed E-state index contributed by atoms with van der Waals surface area (Å²) in [5.41, 5.74) is 6.50. The number of rotatable bonds is 2. The standard InChI is InChI=1S/C14H20N2O2/c1-9-3-4-11(7-10(9)2)18-14(17)12-5-6-16-8-13(12)15/h5-6,8-11H,3-4,7,15H2,1-2H3. The number of nitrogens with zero attached hydrogens (tertiary/aromatic N) is 1. The van der Waals surface area contributed by atoms with Crippen molar-refractivity contribution in [2.75, 3.05) is 5.73 Å². The highest BCUT2D eigenvalue weighted by molar-refractivity contribution is 5.94. The van der Waals surface area contributed by atoms with Gasteiger partial charge in [-0.1, -0.05) is 13.8 Å². The Morgan fingerprint density at radius 2 is 2.17 bits per heavy atom. The first-order valence-corrected chi connectivity index (χ1v) is 6.48. The minimum atomic E-state index is -0.332. The van der Waals surface area contributed by atoms with Crippen LogP contribution in [-0.2, 0) is 4.74 Å². The lowest BCUT2D eigenvalue weighted by molar-refractivity contribution is 0.00889. The molecule has 1 aromatic rings. The van der Waals surface area contributed by atoms with Crippen LogP contribution >= 0.6 is 0 Å². The second-order valence-electron chi connectivity index (χ2n) is 5.26. The van der Waals surface area contributed by atoms with E-state index < -0.39 is 0 Å². The van der Waals surface area contributed by atoms with Crippen molar-refractivity contribution in [3.8, 4) is 0 Å². The Labute approximate surface area is 108 Å². The molecule has 4 nitrogen and oxygen atoms in total. The highest BCUT2D eigenvalue weighted by Crippen LogP contribution is 2.31. The molecule has 1 aliphatic carbocycles. The fourth-order valence-corrected chi connectivity index (χ4v) is 2.41. The quantitative estimate of drug-likeness (QED) is 0.817. The Hall–Kier alpha value is -1.58. The van der Waals surface area contributed by atoms with E-state index in [4.69, 9.17) is 10.5 Å². The molecule has 98 valence electrons. The van der Waals surface area contributed by atoms with Gasteiger partial charge in [0.2, 0.25) is 0 Å². The van der Waals surface area contributed by atoms with Crippen molar-refractivity contribution in [2.45, 2.75) is 39.2 Å². The molecule has 0 bridgehead atoms. The Bertz CT molecular complexity index is 434. The van der Waals surface area contributed by atoms with E-state index in [0.717, 1.165) is 19.3 Å². The Morgan fingerprint density at radius 3 is 2.83 bits per heavy atom. The molecule has 0 aliphatic heterocycles. The van der Waals surface area contributed by atoms with Gasteiger partial charge in [0.1, 0.15) is 6.10 Å². The largest absolute Gasteiger partial charge is 0.459 e. The first kappa shape index (κ1) is 12.9. The van der Waals surface area contributed by atoms with E-state index in [1.807, 2.05) is 0 Å². The van der Waals surface area contributed by atoms with Crippen molar-refractivity contribution >= 4 is 11.7 Å². The highest BCUT2D eigenvalue weighted by atomic mass is 16.5. The molecule has 2 rings (SSSR count). The number of pyridine rings is 1. The molecule has 1 aromatic heterocycles. The Balaban J connectivity index is 1.98. The average Bonchev–Trinajstić information content (AvgIpc) is 2.34. The first-order valence-electron chi connectivity index (χ1n) is 6.48. The normalized spacial score (nSPS) is 27.8. The van der Waals surface area contributed by atoms with Gasteiger partial charge in [-0.05, 0) is 37.2 Å². The predicted molar refractivity (Wildman–Crippen MR) is 70.0 cm³/mol. The summed E-state index contributed by atoms with van der Waals surface area (Å²) in [5, 5.41) is 0. The third-order valence-electron chi connectivity index (χ3n) is 3.90. The molecule has 3 atom stereocenters. The fourth-order valence-electron chi connectivity index (χ4n) is 2.41. The van der Waals surface area contributed by atoms with Crippen molar-refractivity contribution in [3.63, 3.8) is 0 Å². The minimum Gasteiger partial charge on any atom is -0.459 e. The summed E-state index contributed by atoms with van der Waals surface area (Å²) in [4.78, 5) is 15.9. The van der Waals surface area contributed by atoms with Crippen LogP contribution in [-0.4, -0.2) is 17.1 Å². The topological polar surface area (TPSA) is 65.2 Å². The zero-order valence-corrected chi connectivity index (χ0v) is 10.9. The van der Waals surface area contributed by atoms with Crippen LogP contribution < -0.4 is 5.73 Å². The molecule has 4 heteroatoms. The van der Waals surface area contributed by atoms with Gasteiger partial charge < -0.3 is 10.5 Å². The molecule has 1 heterocycles. The molecule has 0 saturated heterocycles. The molecule has 1 fully saturated rings. The number of aromatic nitrogens is 1. The molecule has 1 saturated carbocycles. The van der Waals surface area contributed by atoms with Crippen LogP contribution in [0.4, 0.5) is 5.69 Å². The smallest absolute Gasteiger partial charge is 0.340 e. The number of hydrogen-bond donors (Lipinski definition) is 1. The summed E-state index contributed by atoms with van der Waals surface area (Å²) in [5.74, 6) is 0.985. The lowest BCUT2D eigenvalue weighted by Crippen LogP contribution is -2.29. The van der Waals surface area contributed by atoms with Gasteiger partial charge in [-0.25, -0.2) is 4.79 Å². The summed E-state index contributed by atoms with van der Waals surface area (Å²) in [6.45, 7) is 4.47. The zero-order valence-electron chi connectivity index (χ0n) is 10.9. The monoisotopic (exact) mass is 248 g/mol. The van der Waals surface area contributed by atoms with Gasteiger partial charge in [0.25, 0.3) is 0 Å². The number of ether oxygens (including phenoxy) is 1. The van der Waals surface area contributed by atoms with Crippen LogP contribution in [0.2, 0.25) is 0 Å². The van der Waals surface area contributed by atoms with E-state index in [1.165, 1.54) is 6.20 Å². The van der Waals surface area contributed by atoms with Gasteiger partial charge in [-0.2, -0.15) is 0 Å². The van der Waals surface area contributed by atoms with Crippen LogP contribution in [0.15, 0.2) is 18.5 Å². The predicted octanol–water partition coefficient (Wildman–Crippen LogP) is 2.65. The van der Waals surface area contributed by atoms with Crippen LogP contribution in [0.25, 0.3) is 0 Å². The highest BCUT2D eigenvalue weighted by Gasteiger charge is 2.27. The number of carbonyl (C=O) groups excluding carboxylic acids is 1. The molecule has 0 spiro atoms. The first-order chi connectivity index (χ1) is 8.58. The zero-order chi connectivity index (χ0) is 13.1. The SMILES string of the molecule is CC1CCC(OC(=O)c2ccncc2N)CC1C. The van der Waals surface area contributed by atoms with Gasteiger partial charge in [-0.3, -0.25) is 4.98 Å². The van der Waals surface area contributed by atoms with Crippen LogP contribution in [0.5, 0.6) is 0 Å². The summed E-state index contributed by atoms with van der Waals surface area (Å²) < 4.78 is 5.53. The Morgan fingerprint density at radius 1 is 1.39 bits per heavy atom. The molecular weight excluding hydrogens is 228 g/mol. The second-order valence-corrected chi connectivity index (χ2v) is 5.26. The van der Waals surface area contributed by atoms with Gasteiger partial charge in [0.05, 0.1) is 17.4 Å². The number of nitrogens with two attached hydrogens (primary N) is 1. The van der Waals surface area contributed by atoms with E-state index in [9.17, 15) is 4.79 Å². The van der Waals surface area contributed by atoms with Crippen molar-refractivity contribution in [3.05, 3.63) is 24.0 Å².